The van der Waals surface area contributed by atoms with Gasteiger partial charge in [-0.3, -0.25) is 19.5 Å². The number of piperazine rings is 1. The van der Waals surface area contributed by atoms with E-state index in [4.69, 9.17) is 4.74 Å². The fourth-order valence-electron chi connectivity index (χ4n) is 5.10. The lowest BCUT2D eigenvalue weighted by Crippen LogP contribution is -2.51. The monoisotopic (exact) mass is 571 g/mol. The summed E-state index contributed by atoms with van der Waals surface area (Å²) in [6, 6.07) is 10.3. The van der Waals surface area contributed by atoms with Gasteiger partial charge in [-0.2, -0.15) is 4.31 Å². The number of amides is 2. The molecule has 2 aliphatic rings. The summed E-state index contributed by atoms with van der Waals surface area (Å²) in [6.07, 6.45) is 2.74. The molecule has 4 rings (SSSR count). The van der Waals surface area contributed by atoms with Gasteiger partial charge in [0.05, 0.1) is 17.7 Å². The van der Waals surface area contributed by atoms with Crippen LogP contribution < -0.4 is 5.32 Å². The Morgan fingerprint density at radius 2 is 1.77 bits per heavy atom. The summed E-state index contributed by atoms with van der Waals surface area (Å²) in [5.41, 5.74) is 1.91. The number of aryl methyl sites for hydroxylation is 1. The van der Waals surface area contributed by atoms with E-state index in [-0.39, 0.29) is 30.2 Å². The molecule has 0 radical (unpaired) electrons. The summed E-state index contributed by atoms with van der Waals surface area (Å²) in [7, 11) is -2.67. The fourth-order valence-corrected chi connectivity index (χ4v) is 6.75. The maximum absolute atomic E-state index is 13.2. The smallest absolute Gasteiger partial charge is 0.328 e. The van der Waals surface area contributed by atoms with Crippen LogP contribution >= 0.6 is 0 Å². The topological polar surface area (TPSA) is 129 Å². The summed E-state index contributed by atoms with van der Waals surface area (Å²) in [6.45, 7) is 5.35. The molecule has 1 N–H and O–H groups in total. The molecule has 0 spiro atoms. The third-order valence-electron chi connectivity index (χ3n) is 7.42. The Bertz CT molecular complexity index is 1280. The van der Waals surface area contributed by atoms with E-state index in [1.54, 1.807) is 23.2 Å². The zero-order chi connectivity index (χ0) is 28.7. The molecule has 0 saturated carbocycles. The molecule has 1 aromatic carbocycles. The van der Waals surface area contributed by atoms with Gasteiger partial charge in [-0.05, 0) is 50.5 Å². The Balaban J connectivity index is 1.32. The van der Waals surface area contributed by atoms with Gasteiger partial charge in [0.25, 0.3) is 0 Å². The number of sulfonamides is 1. The Labute approximate surface area is 235 Å². The zero-order valence-electron chi connectivity index (χ0n) is 23.0. The molecule has 216 valence electrons. The molecule has 1 aromatic heterocycles. The van der Waals surface area contributed by atoms with E-state index in [1.807, 2.05) is 25.1 Å². The SMILES string of the molecule is COC(=O)[C@H](CCC(=O)N1CCN(Cc2ccccn2)CC1)NC(=O)[C@@H]1CCCN1S(=O)(=O)c1ccc(C)cc1. The second kappa shape index (κ2) is 13.3. The third-order valence-corrected chi connectivity index (χ3v) is 9.34. The first-order valence-electron chi connectivity index (χ1n) is 13.6. The lowest BCUT2D eigenvalue weighted by atomic mass is 10.1. The lowest BCUT2D eigenvalue weighted by molar-refractivity contribution is -0.146. The number of benzene rings is 1. The van der Waals surface area contributed by atoms with Crippen molar-refractivity contribution in [1.82, 2.24) is 24.4 Å². The van der Waals surface area contributed by atoms with Gasteiger partial charge in [-0.15, -0.1) is 0 Å². The zero-order valence-corrected chi connectivity index (χ0v) is 23.8. The van der Waals surface area contributed by atoms with E-state index in [0.29, 0.717) is 39.0 Å². The number of rotatable bonds is 10. The van der Waals surface area contributed by atoms with Crippen LogP contribution in [0.25, 0.3) is 0 Å². The molecule has 3 heterocycles. The average molecular weight is 572 g/mol. The van der Waals surface area contributed by atoms with E-state index in [0.717, 1.165) is 17.8 Å². The van der Waals surface area contributed by atoms with Crippen molar-refractivity contribution >= 4 is 27.8 Å². The Kier molecular flexibility index (Phi) is 9.88. The van der Waals surface area contributed by atoms with Gasteiger partial charge in [0.2, 0.25) is 21.8 Å². The first kappa shape index (κ1) is 29.6. The van der Waals surface area contributed by atoms with Crippen molar-refractivity contribution in [2.75, 3.05) is 39.8 Å². The van der Waals surface area contributed by atoms with Crippen molar-refractivity contribution in [2.24, 2.45) is 0 Å². The second-order valence-corrected chi connectivity index (χ2v) is 12.1. The van der Waals surface area contributed by atoms with E-state index in [1.165, 1.54) is 23.5 Å². The first-order chi connectivity index (χ1) is 19.2. The maximum atomic E-state index is 13.2. The molecule has 11 nitrogen and oxygen atoms in total. The van der Waals surface area contributed by atoms with Crippen molar-refractivity contribution in [3.05, 3.63) is 59.9 Å². The average Bonchev–Trinajstić information content (AvgIpc) is 3.47. The van der Waals surface area contributed by atoms with Gasteiger partial charge in [0.1, 0.15) is 12.1 Å². The number of carbonyl (C=O) groups excluding carboxylic acids is 3. The van der Waals surface area contributed by atoms with Crippen molar-refractivity contribution in [1.29, 1.82) is 0 Å². The van der Waals surface area contributed by atoms with Crippen LogP contribution in [-0.4, -0.2) is 97.2 Å². The molecule has 12 heteroatoms. The highest BCUT2D eigenvalue weighted by atomic mass is 32.2. The van der Waals surface area contributed by atoms with Crippen molar-refractivity contribution in [3.63, 3.8) is 0 Å². The van der Waals surface area contributed by atoms with Crippen molar-refractivity contribution in [2.45, 2.75) is 56.1 Å². The van der Waals surface area contributed by atoms with Gasteiger partial charge in [-0.25, -0.2) is 13.2 Å². The van der Waals surface area contributed by atoms with E-state index in [2.05, 4.69) is 15.2 Å². The molecular weight excluding hydrogens is 534 g/mol. The highest BCUT2D eigenvalue weighted by molar-refractivity contribution is 7.89. The van der Waals surface area contributed by atoms with Crippen LogP contribution in [0.4, 0.5) is 0 Å². The summed E-state index contributed by atoms with van der Waals surface area (Å²) < 4.78 is 32.6. The van der Waals surface area contributed by atoms with Crippen molar-refractivity contribution < 1.29 is 27.5 Å². The van der Waals surface area contributed by atoms with Crippen LogP contribution in [0.15, 0.2) is 53.6 Å². The van der Waals surface area contributed by atoms with Crippen LogP contribution in [0.3, 0.4) is 0 Å². The van der Waals surface area contributed by atoms with Gasteiger partial charge >= 0.3 is 5.97 Å². The number of esters is 1. The van der Waals surface area contributed by atoms with Crippen LogP contribution in [0.5, 0.6) is 0 Å². The van der Waals surface area contributed by atoms with E-state index >= 15 is 0 Å². The number of ether oxygens (including phenoxy) is 1. The predicted octanol–water partition coefficient (Wildman–Crippen LogP) is 1.33. The largest absolute Gasteiger partial charge is 0.467 e. The number of aromatic nitrogens is 1. The molecule has 2 amide bonds. The van der Waals surface area contributed by atoms with E-state index < -0.39 is 34.0 Å². The molecule has 0 aliphatic carbocycles. The molecule has 2 atom stereocenters. The molecule has 2 fully saturated rings. The first-order valence-corrected chi connectivity index (χ1v) is 15.0. The van der Waals surface area contributed by atoms with Crippen LogP contribution in [-0.2, 0) is 35.7 Å². The summed E-state index contributed by atoms with van der Waals surface area (Å²) in [5, 5.41) is 2.66. The number of hydrogen-bond acceptors (Lipinski definition) is 8. The molecule has 2 saturated heterocycles. The number of nitrogens with one attached hydrogen (secondary N) is 1. The standard InChI is InChI=1S/C28H37N5O6S/c1-21-8-10-23(11-9-21)40(37,38)33-15-5-7-25(33)27(35)30-24(28(36)39-2)12-13-26(34)32-18-16-31(17-19-32)20-22-6-3-4-14-29-22/h3-4,6,8-11,14,24-25H,5,7,12-13,15-20H2,1-2H3,(H,30,35)/t24-,25-/m0/s1. The number of hydrogen-bond donors (Lipinski definition) is 1. The normalized spacial score (nSPS) is 19.2. The third kappa shape index (κ3) is 7.23. The van der Waals surface area contributed by atoms with Crippen LogP contribution in [0.1, 0.15) is 36.9 Å². The maximum Gasteiger partial charge on any atom is 0.328 e. The molecule has 0 unspecified atom stereocenters. The van der Waals surface area contributed by atoms with Gasteiger partial charge in [-0.1, -0.05) is 23.8 Å². The van der Waals surface area contributed by atoms with Crippen LogP contribution in [0, 0.1) is 6.92 Å². The molecular formula is C28H37N5O6S. The minimum absolute atomic E-state index is 0.0519. The number of nitrogens with zero attached hydrogens (tertiary/aromatic N) is 4. The van der Waals surface area contributed by atoms with Gasteiger partial charge in [0.15, 0.2) is 0 Å². The second-order valence-electron chi connectivity index (χ2n) is 10.2. The van der Waals surface area contributed by atoms with Crippen LogP contribution in [0.2, 0.25) is 0 Å². The van der Waals surface area contributed by atoms with Gasteiger partial charge < -0.3 is 15.0 Å². The lowest BCUT2D eigenvalue weighted by Gasteiger charge is -2.34. The highest BCUT2D eigenvalue weighted by Crippen LogP contribution is 2.26. The number of pyridine rings is 1. The number of carbonyl (C=O) groups is 3. The summed E-state index contributed by atoms with van der Waals surface area (Å²) in [4.78, 5) is 47.1. The molecule has 40 heavy (non-hydrogen) atoms. The minimum Gasteiger partial charge on any atom is -0.467 e. The molecule has 0 bridgehead atoms. The quantitative estimate of drug-likeness (QED) is 0.423. The molecule has 2 aromatic rings. The van der Waals surface area contributed by atoms with Gasteiger partial charge in [0, 0.05) is 51.9 Å². The van der Waals surface area contributed by atoms with E-state index in [9.17, 15) is 22.8 Å². The predicted molar refractivity (Wildman–Crippen MR) is 147 cm³/mol. The Hall–Kier alpha value is -3.35. The fraction of sp³-hybridized carbons (Fsp3) is 0.500. The number of methoxy groups -OCH3 is 1. The Morgan fingerprint density at radius 1 is 1.05 bits per heavy atom. The highest BCUT2D eigenvalue weighted by Gasteiger charge is 2.40. The molecule has 2 aliphatic heterocycles. The summed E-state index contributed by atoms with van der Waals surface area (Å²) >= 11 is 0. The van der Waals surface area contributed by atoms with Crippen molar-refractivity contribution in [3.8, 4) is 0 Å². The Morgan fingerprint density at radius 3 is 2.42 bits per heavy atom. The minimum atomic E-state index is -3.89. The summed E-state index contributed by atoms with van der Waals surface area (Å²) in [5.74, 6) is -1.35.